The molecule has 0 aliphatic rings. The van der Waals surface area contributed by atoms with E-state index in [-0.39, 0.29) is 11.7 Å². The molecule has 6 heteroatoms. The smallest absolute Gasteiger partial charge is 0.329 e. The predicted octanol–water partition coefficient (Wildman–Crippen LogP) is 2.80. The maximum Gasteiger partial charge on any atom is 0.329 e. The van der Waals surface area contributed by atoms with E-state index in [1.165, 1.54) is 18.7 Å². The fourth-order valence-electron chi connectivity index (χ4n) is 1.32. The van der Waals surface area contributed by atoms with Crippen LogP contribution in [0.5, 0.6) is 0 Å². The van der Waals surface area contributed by atoms with Crippen LogP contribution in [0, 0.1) is 0 Å². The van der Waals surface area contributed by atoms with Crippen molar-refractivity contribution in [1.82, 2.24) is 5.32 Å². The largest absolute Gasteiger partial charge is 0.480 e. The van der Waals surface area contributed by atoms with Gasteiger partial charge < -0.3 is 10.4 Å². The molecule has 1 aromatic rings. The fraction of sp³-hybridized carbons (Fsp3) is 0.385. The van der Waals surface area contributed by atoms with Gasteiger partial charge in [0.05, 0.1) is 5.75 Å². The van der Waals surface area contributed by atoms with Crippen LogP contribution in [0.15, 0.2) is 29.2 Å². The predicted molar refractivity (Wildman–Crippen MR) is 76.7 cm³/mol. The summed E-state index contributed by atoms with van der Waals surface area (Å²) in [7, 11) is 0. The number of hydrogen-bond donors (Lipinski definition) is 2. The molecule has 1 rings (SSSR count). The third kappa shape index (κ3) is 4.76. The van der Waals surface area contributed by atoms with Gasteiger partial charge in [0.2, 0.25) is 5.91 Å². The quantitative estimate of drug-likeness (QED) is 0.793. The number of carbonyl (C=O) groups excluding carboxylic acids is 1. The number of benzene rings is 1. The summed E-state index contributed by atoms with van der Waals surface area (Å²) in [4.78, 5) is 23.7. The average Bonchev–Trinajstić information content (AvgIpc) is 2.37. The van der Waals surface area contributed by atoms with Crippen LogP contribution >= 0.6 is 23.4 Å². The van der Waals surface area contributed by atoms with Crippen LogP contribution in [-0.2, 0) is 9.59 Å². The molecule has 104 valence electrons. The van der Waals surface area contributed by atoms with Crippen molar-refractivity contribution in [3.63, 3.8) is 0 Å². The monoisotopic (exact) mass is 301 g/mol. The van der Waals surface area contributed by atoms with E-state index < -0.39 is 11.5 Å². The highest BCUT2D eigenvalue weighted by Crippen LogP contribution is 2.20. The number of rotatable bonds is 6. The number of nitrogens with one attached hydrogen (secondary N) is 1. The van der Waals surface area contributed by atoms with Gasteiger partial charge in [0.15, 0.2) is 0 Å². The first-order valence-electron chi connectivity index (χ1n) is 5.80. The summed E-state index contributed by atoms with van der Waals surface area (Å²) in [5.41, 5.74) is -1.21. The first kappa shape index (κ1) is 15.9. The summed E-state index contributed by atoms with van der Waals surface area (Å²) < 4.78 is 0. The highest BCUT2D eigenvalue weighted by atomic mass is 35.5. The third-order valence-electron chi connectivity index (χ3n) is 2.78. The van der Waals surface area contributed by atoms with Crippen molar-refractivity contribution < 1.29 is 14.7 Å². The summed E-state index contributed by atoms with van der Waals surface area (Å²) >= 11 is 7.10. The first-order valence-corrected chi connectivity index (χ1v) is 7.16. The molecule has 2 N–H and O–H groups in total. The summed E-state index contributed by atoms with van der Waals surface area (Å²) in [6.45, 7) is 3.22. The maximum atomic E-state index is 11.7. The zero-order valence-electron chi connectivity index (χ0n) is 10.8. The summed E-state index contributed by atoms with van der Waals surface area (Å²) in [6.07, 6.45) is 0.333. The van der Waals surface area contributed by atoms with Crippen molar-refractivity contribution in [3.8, 4) is 0 Å². The Hall–Kier alpha value is -1.20. The van der Waals surface area contributed by atoms with Crippen LogP contribution in [0.2, 0.25) is 5.02 Å². The standard InChI is InChI=1S/C13H16ClNO3S/c1-3-13(2,12(17)18)15-11(16)8-19-10-6-4-9(14)5-7-10/h4-7H,3,8H2,1-2H3,(H,15,16)(H,17,18). The van der Waals surface area contributed by atoms with Crippen LogP contribution in [0.4, 0.5) is 0 Å². The summed E-state index contributed by atoms with van der Waals surface area (Å²) in [6, 6.07) is 7.12. The van der Waals surface area contributed by atoms with E-state index in [1.807, 2.05) is 12.1 Å². The van der Waals surface area contributed by atoms with Gasteiger partial charge in [0.25, 0.3) is 0 Å². The molecular weight excluding hydrogens is 286 g/mol. The van der Waals surface area contributed by atoms with Crippen molar-refractivity contribution >= 4 is 35.2 Å². The van der Waals surface area contributed by atoms with E-state index in [9.17, 15) is 9.59 Å². The second-order valence-electron chi connectivity index (χ2n) is 4.28. The molecule has 1 unspecified atom stereocenters. The van der Waals surface area contributed by atoms with E-state index >= 15 is 0 Å². The zero-order valence-corrected chi connectivity index (χ0v) is 12.3. The summed E-state index contributed by atoms with van der Waals surface area (Å²) in [5.74, 6) is -1.16. The highest BCUT2D eigenvalue weighted by Gasteiger charge is 2.32. The van der Waals surface area contributed by atoms with E-state index in [0.29, 0.717) is 11.4 Å². The van der Waals surface area contributed by atoms with Crippen LogP contribution < -0.4 is 5.32 Å². The molecular formula is C13H16ClNO3S. The van der Waals surface area contributed by atoms with Gasteiger partial charge in [-0.2, -0.15) is 0 Å². The Kier molecular flexibility index (Phi) is 5.69. The van der Waals surface area contributed by atoms with E-state index in [2.05, 4.69) is 5.32 Å². The first-order chi connectivity index (χ1) is 8.87. The lowest BCUT2D eigenvalue weighted by atomic mass is 9.99. The molecule has 1 aromatic carbocycles. The molecule has 4 nitrogen and oxygen atoms in total. The third-order valence-corrected chi connectivity index (χ3v) is 4.04. The Balaban J connectivity index is 2.52. The van der Waals surface area contributed by atoms with Crippen LogP contribution in [0.1, 0.15) is 20.3 Å². The number of aliphatic carboxylic acids is 1. The van der Waals surface area contributed by atoms with Gasteiger partial charge in [0, 0.05) is 9.92 Å². The van der Waals surface area contributed by atoms with Crippen molar-refractivity contribution in [1.29, 1.82) is 0 Å². The van der Waals surface area contributed by atoms with Gasteiger partial charge in [-0.25, -0.2) is 4.79 Å². The van der Waals surface area contributed by atoms with Crippen molar-refractivity contribution in [2.24, 2.45) is 0 Å². The van der Waals surface area contributed by atoms with Crippen molar-refractivity contribution in [2.45, 2.75) is 30.7 Å². The Labute approximate surface area is 121 Å². The molecule has 0 aromatic heterocycles. The molecule has 0 spiro atoms. The second-order valence-corrected chi connectivity index (χ2v) is 5.77. The second kappa shape index (κ2) is 6.82. The highest BCUT2D eigenvalue weighted by molar-refractivity contribution is 8.00. The average molecular weight is 302 g/mol. The van der Waals surface area contributed by atoms with Crippen molar-refractivity contribution in [2.75, 3.05) is 5.75 Å². The SMILES string of the molecule is CCC(C)(NC(=O)CSc1ccc(Cl)cc1)C(=O)O. The molecule has 1 amide bonds. The minimum atomic E-state index is -1.21. The van der Waals surface area contributed by atoms with Gasteiger partial charge in [-0.15, -0.1) is 11.8 Å². The van der Waals surface area contributed by atoms with Gasteiger partial charge in [-0.3, -0.25) is 4.79 Å². The lowest BCUT2D eigenvalue weighted by Crippen LogP contribution is -2.52. The molecule has 1 atom stereocenters. The molecule has 19 heavy (non-hydrogen) atoms. The molecule has 0 saturated carbocycles. The maximum absolute atomic E-state index is 11.7. The van der Waals surface area contributed by atoms with Gasteiger partial charge in [-0.1, -0.05) is 18.5 Å². The summed E-state index contributed by atoms with van der Waals surface area (Å²) in [5, 5.41) is 12.2. The van der Waals surface area contributed by atoms with Crippen LogP contribution in [-0.4, -0.2) is 28.3 Å². The molecule has 0 radical (unpaired) electrons. The Bertz CT molecular complexity index is 463. The number of halogens is 1. The fourth-order valence-corrected chi connectivity index (χ4v) is 2.14. The molecule has 0 heterocycles. The molecule has 0 aliphatic carbocycles. The lowest BCUT2D eigenvalue weighted by molar-refractivity contribution is -0.146. The van der Waals surface area contributed by atoms with Gasteiger partial charge in [-0.05, 0) is 37.6 Å². The minimum absolute atomic E-state index is 0.171. The topological polar surface area (TPSA) is 66.4 Å². The van der Waals surface area contributed by atoms with Crippen LogP contribution in [0.25, 0.3) is 0 Å². The number of carbonyl (C=O) groups is 2. The van der Waals surface area contributed by atoms with Gasteiger partial charge >= 0.3 is 5.97 Å². The lowest BCUT2D eigenvalue weighted by Gasteiger charge is -2.24. The van der Waals surface area contributed by atoms with Crippen molar-refractivity contribution in [3.05, 3.63) is 29.3 Å². The molecule has 0 aliphatic heterocycles. The normalized spacial score (nSPS) is 13.6. The number of thioether (sulfide) groups is 1. The Morgan fingerprint density at radius 1 is 1.37 bits per heavy atom. The Morgan fingerprint density at radius 2 is 1.95 bits per heavy atom. The molecule has 0 saturated heterocycles. The van der Waals surface area contributed by atoms with Gasteiger partial charge in [0.1, 0.15) is 5.54 Å². The zero-order chi connectivity index (χ0) is 14.5. The number of carboxylic acid groups (broad SMARTS) is 1. The molecule has 0 bridgehead atoms. The number of amides is 1. The van der Waals surface area contributed by atoms with E-state index in [0.717, 1.165) is 4.90 Å². The number of hydrogen-bond acceptors (Lipinski definition) is 3. The minimum Gasteiger partial charge on any atom is -0.480 e. The van der Waals surface area contributed by atoms with Crippen LogP contribution in [0.3, 0.4) is 0 Å². The molecule has 0 fully saturated rings. The Morgan fingerprint density at radius 3 is 2.42 bits per heavy atom. The number of carboxylic acids is 1. The van der Waals surface area contributed by atoms with E-state index in [1.54, 1.807) is 19.1 Å². The van der Waals surface area contributed by atoms with E-state index in [4.69, 9.17) is 16.7 Å².